The lowest BCUT2D eigenvalue weighted by Crippen LogP contribution is -2.37. The van der Waals surface area contributed by atoms with Crippen LogP contribution >= 0.6 is 0 Å². The molecule has 0 aromatic rings. The normalized spacial score (nSPS) is 14.4. The Labute approximate surface area is 79.7 Å². The Balaban J connectivity index is 3.77. The maximum absolute atomic E-state index is 11.3. The third-order valence-electron chi connectivity index (χ3n) is 1.69. The number of ether oxygens (including phenoxy) is 1. The topological polar surface area (TPSA) is 81.4 Å². The highest BCUT2D eigenvalue weighted by molar-refractivity contribution is 7.90. The van der Waals surface area contributed by atoms with Crippen LogP contribution in [-0.4, -0.2) is 40.5 Å². The first-order valence-corrected chi connectivity index (χ1v) is 5.76. The van der Waals surface area contributed by atoms with Crippen molar-refractivity contribution in [1.29, 1.82) is 0 Å². The minimum absolute atomic E-state index is 0.139. The molecule has 0 aromatic heterocycles. The molecule has 0 bridgehead atoms. The summed E-state index contributed by atoms with van der Waals surface area (Å²) in [5, 5.41) is -0.532. The zero-order valence-corrected chi connectivity index (χ0v) is 8.93. The van der Waals surface area contributed by atoms with E-state index >= 15 is 0 Å². The van der Waals surface area contributed by atoms with Crippen molar-refractivity contribution in [2.45, 2.75) is 18.6 Å². The van der Waals surface area contributed by atoms with Crippen LogP contribution in [0.5, 0.6) is 0 Å². The Kier molecular flexibility index (Phi) is 6.23. The van der Waals surface area contributed by atoms with Crippen molar-refractivity contribution in [2.24, 2.45) is 5.73 Å². The van der Waals surface area contributed by atoms with Gasteiger partial charge in [0.05, 0.1) is 5.25 Å². The molecule has 0 heterocycles. The molecule has 1 atom stereocenters. The first-order valence-electron chi connectivity index (χ1n) is 4.22. The predicted octanol–water partition coefficient (Wildman–Crippen LogP) is -0.710. The maximum Gasteiger partial charge on any atom is 0.215 e. The van der Waals surface area contributed by atoms with Gasteiger partial charge in [-0.1, -0.05) is 0 Å². The number of rotatable bonds is 7. The molecule has 0 aliphatic heterocycles. The van der Waals surface area contributed by atoms with Crippen molar-refractivity contribution in [3.05, 3.63) is 0 Å². The molecule has 0 radical (unpaired) electrons. The van der Waals surface area contributed by atoms with E-state index in [9.17, 15) is 8.42 Å². The van der Waals surface area contributed by atoms with Crippen LogP contribution in [0.4, 0.5) is 0 Å². The van der Waals surface area contributed by atoms with Crippen LogP contribution < -0.4 is 10.5 Å². The number of hydrogen-bond acceptors (Lipinski definition) is 4. The standard InChI is InChI=1S/C7H18N2O3S/c1-7(6-8)13(10,11)9-4-3-5-12-2/h7,9H,3-6,8H2,1-2H3. The zero-order chi connectivity index (χ0) is 10.3. The fourth-order valence-corrected chi connectivity index (χ4v) is 1.67. The van der Waals surface area contributed by atoms with Gasteiger partial charge in [-0.25, -0.2) is 13.1 Å². The highest BCUT2D eigenvalue weighted by Crippen LogP contribution is 1.95. The zero-order valence-electron chi connectivity index (χ0n) is 8.12. The Morgan fingerprint density at radius 2 is 2.15 bits per heavy atom. The highest BCUT2D eigenvalue weighted by atomic mass is 32.2. The van der Waals surface area contributed by atoms with Crippen LogP contribution in [0.1, 0.15) is 13.3 Å². The van der Waals surface area contributed by atoms with Crippen LogP contribution in [0.2, 0.25) is 0 Å². The Morgan fingerprint density at radius 1 is 1.54 bits per heavy atom. The van der Waals surface area contributed by atoms with Crippen LogP contribution in [0.25, 0.3) is 0 Å². The smallest absolute Gasteiger partial charge is 0.215 e. The lowest BCUT2D eigenvalue weighted by molar-refractivity contribution is 0.196. The summed E-state index contributed by atoms with van der Waals surface area (Å²) in [6, 6.07) is 0. The van der Waals surface area contributed by atoms with Crippen LogP contribution in [0.3, 0.4) is 0 Å². The van der Waals surface area contributed by atoms with Gasteiger partial charge in [-0.3, -0.25) is 0 Å². The largest absolute Gasteiger partial charge is 0.385 e. The van der Waals surface area contributed by atoms with Crippen molar-refractivity contribution in [3.8, 4) is 0 Å². The number of methoxy groups -OCH3 is 1. The van der Waals surface area contributed by atoms with Gasteiger partial charge in [-0.15, -0.1) is 0 Å². The molecule has 80 valence electrons. The number of hydrogen-bond donors (Lipinski definition) is 2. The minimum Gasteiger partial charge on any atom is -0.385 e. The Hall–Kier alpha value is -0.170. The molecule has 6 heteroatoms. The van der Waals surface area contributed by atoms with Gasteiger partial charge < -0.3 is 10.5 Å². The molecule has 0 aliphatic carbocycles. The summed E-state index contributed by atoms with van der Waals surface area (Å²) >= 11 is 0. The lowest BCUT2D eigenvalue weighted by atomic mass is 10.5. The fraction of sp³-hybridized carbons (Fsp3) is 1.00. The molecule has 0 saturated heterocycles. The summed E-state index contributed by atoms with van der Waals surface area (Å²) in [6.07, 6.45) is 0.674. The average molecular weight is 210 g/mol. The summed E-state index contributed by atoms with van der Waals surface area (Å²) in [5.74, 6) is 0. The second-order valence-electron chi connectivity index (χ2n) is 2.83. The minimum atomic E-state index is -3.22. The van der Waals surface area contributed by atoms with Gasteiger partial charge in [0, 0.05) is 26.8 Å². The van der Waals surface area contributed by atoms with E-state index in [1.165, 1.54) is 0 Å². The van der Waals surface area contributed by atoms with Gasteiger partial charge in [0.15, 0.2) is 0 Å². The van der Waals surface area contributed by atoms with Crippen molar-refractivity contribution in [1.82, 2.24) is 4.72 Å². The van der Waals surface area contributed by atoms with Gasteiger partial charge in [0.2, 0.25) is 10.0 Å². The van der Waals surface area contributed by atoms with Gasteiger partial charge in [-0.05, 0) is 13.3 Å². The van der Waals surface area contributed by atoms with Crippen molar-refractivity contribution < 1.29 is 13.2 Å². The van der Waals surface area contributed by atoms with Gasteiger partial charge in [-0.2, -0.15) is 0 Å². The average Bonchev–Trinajstić information content (AvgIpc) is 2.11. The molecule has 0 aliphatic rings. The molecule has 0 fully saturated rings. The van der Waals surface area contributed by atoms with E-state index in [-0.39, 0.29) is 6.54 Å². The van der Waals surface area contributed by atoms with Crippen LogP contribution in [-0.2, 0) is 14.8 Å². The molecule has 0 spiro atoms. The molecule has 0 aromatic carbocycles. The molecule has 3 N–H and O–H groups in total. The van der Waals surface area contributed by atoms with Gasteiger partial charge in [0.1, 0.15) is 0 Å². The first-order chi connectivity index (χ1) is 6.04. The third kappa shape index (κ3) is 5.20. The van der Waals surface area contributed by atoms with Crippen molar-refractivity contribution in [2.75, 3.05) is 26.8 Å². The number of nitrogens with one attached hydrogen (secondary N) is 1. The molecule has 0 rings (SSSR count). The second-order valence-corrected chi connectivity index (χ2v) is 5.02. The van der Waals surface area contributed by atoms with Crippen molar-refractivity contribution in [3.63, 3.8) is 0 Å². The summed E-state index contributed by atoms with van der Waals surface area (Å²) < 4.78 is 29.8. The van der Waals surface area contributed by atoms with Crippen LogP contribution in [0.15, 0.2) is 0 Å². The molecule has 13 heavy (non-hydrogen) atoms. The molecular formula is C7H18N2O3S. The first kappa shape index (κ1) is 12.8. The summed E-state index contributed by atoms with van der Waals surface area (Å²) in [4.78, 5) is 0. The quantitative estimate of drug-likeness (QED) is 0.544. The molecule has 0 saturated carbocycles. The van der Waals surface area contributed by atoms with E-state index in [0.29, 0.717) is 19.6 Å². The molecule has 0 amide bonds. The summed E-state index contributed by atoms with van der Waals surface area (Å²) in [5.41, 5.74) is 5.24. The second kappa shape index (κ2) is 6.31. The van der Waals surface area contributed by atoms with E-state index in [4.69, 9.17) is 10.5 Å². The summed E-state index contributed by atoms with van der Waals surface area (Å²) in [7, 11) is -1.64. The van der Waals surface area contributed by atoms with E-state index in [1.807, 2.05) is 0 Å². The van der Waals surface area contributed by atoms with E-state index < -0.39 is 15.3 Å². The highest BCUT2D eigenvalue weighted by Gasteiger charge is 2.17. The van der Waals surface area contributed by atoms with Crippen molar-refractivity contribution >= 4 is 10.0 Å². The number of nitrogens with two attached hydrogens (primary N) is 1. The lowest BCUT2D eigenvalue weighted by Gasteiger charge is -2.11. The molecule has 1 unspecified atom stereocenters. The van der Waals surface area contributed by atoms with Crippen LogP contribution in [0, 0.1) is 0 Å². The Bertz CT molecular complexity index is 216. The van der Waals surface area contributed by atoms with Gasteiger partial charge in [0.25, 0.3) is 0 Å². The number of sulfonamides is 1. The van der Waals surface area contributed by atoms with Gasteiger partial charge >= 0.3 is 0 Å². The molecular weight excluding hydrogens is 192 g/mol. The Morgan fingerprint density at radius 3 is 2.62 bits per heavy atom. The third-order valence-corrected chi connectivity index (χ3v) is 3.55. The maximum atomic E-state index is 11.3. The summed E-state index contributed by atoms with van der Waals surface area (Å²) in [6.45, 7) is 2.68. The molecule has 5 nitrogen and oxygen atoms in total. The SMILES string of the molecule is COCCCNS(=O)(=O)C(C)CN. The van der Waals surface area contributed by atoms with E-state index in [1.54, 1.807) is 14.0 Å². The van der Waals surface area contributed by atoms with E-state index in [0.717, 1.165) is 0 Å². The van der Waals surface area contributed by atoms with E-state index in [2.05, 4.69) is 4.72 Å². The monoisotopic (exact) mass is 210 g/mol. The fourth-order valence-electron chi connectivity index (χ4n) is 0.700. The predicted molar refractivity (Wildman–Crippen MR) is 51.9 cm³/mol.